The molecule has 0 fully saturated rings. The molecule has 0 unspecified atom stereocenters. The van der Waals surface area contributed by atoms with Crippen molar-refractivity contribution in [1.82, 2.24) is 0 Å². The zero-order valence-corrected chi connectivity index (χ0v) is 15.4. The van der Waals surface area contributed by atoms with Gasteiger partial charge in [-0.2, -0.15) is 0 Å². The molecule has 0 atom stereocenters. The molecule has 0 bridgehead atoms. The van der Waals surface area contributed by atoms with Crippen molar-refractivity contribution in [3.8, 4) is 0 Å². The first-order valence-electron chi connectivity index (χ1n) is 10.0. The van der Waals surface area contributed by atoms with E-state index < -0.39 is 0 Å². The molecule has 0 aromatic rings. The lowest BCUT2D eigenvalue weighted by Gasteiger charge is -2.13. The average Bonchev–Trinajstić information content (AvgIpc) is 2.50. The minimum absolute atomic E-state index is 0.0723. The molecule has 0 aliphatic heterocycles. The van der Waals surface area contributed by atoms with Gasteiger partial charge in [0.05, 0.1) is 0 Å². The molecule has 0 aliphatic rings. The Morgan fingerprint density at radius 2 is 0.955 bits per heavy atom. The van der Waals surface area contributed by atoms with Crippen molar-refractivity contribution in [2.45, 2.75) is 117 Å². The molecule has 0 heterocycles. The highest BCUT2D eigenvalue weighted by Crippen LogP contribution is 2.19. The van der Waals surface area contributed by atoms with Crippen LogP contribution in [0.15, 0.2) is 0 Å². The fourth-order valence-corrected chi connectivity index (χ4v) is 3.12. The van der Waals surface area contributed by atoms with Gasteiger partial charge in [-0.3, -0.25) is 4.79 Å². The van der Waals surface area contributed by atoms with E-state index in [0.29, 0.717) is 0 Å². The van der Waals surface area contributed by atoms with Gasteiger partial charge < -0.3 is 5.73 Å². The normalized spacial score (nSPS) is 11.2. The quantitative estimate of drug-likeness (QED) is 0.312. The van der Waals surface area contributed by atoms with Crippen LogP contribution in [0.4, 0.5) is 0 Å². The Kier molecular flexibility index (Phi) is 16.4. The Labute approximate surface area is 139 Å². The number of carbonyl (C=O) groups excluding carboxylic acids is 1. The third-order valence-electron chi connectivity index (χ3n) is 4.71. The first kappa shape index (κ1) is 21.5. The smallest absolute Gasteiger partial charge is 0.220 e. The summed E-state index contributed by atoms with van der Waals surface area (Å²) in [4.78, 5) is 11.5. The number of nitrogens with two attached hydrogens (primary N) is 1. The Balaban J connectivity index is 3.51. The lowest BCUT2D eigenvalue weighted by molar-refractivity contribution is -0.122. The van der Waals surface area contributed by atoms with Crippen LogP contribution in [0.2, 0.25) is 0 Å². The number of rotatable bonds is 17. The van der Waals surface area contributed by atoms with Gasteiger partial charge in [-0.05, 0) is 12.8 Å². The van der Waals surface area contributed by atoms with Gasteiger partial charge in [0.2, 0.25) is 5.91 Å². The topological polar surface area (TPSA) is 43.1 Å². The zero-order valence-electron chi connectivity index (χ0n) is 15.4. The highest BCUT2D eigenvalue weighted by atomic mass is 16.1. The molecule has 0 aliphatic carbocycles. The highest BCUT2D eigenvalue weighted by molar-refractivity contribution is 5.76. The van der Waals surface area contributed by atoms with E-state index in [2.05, 4.69) is 13.8 Å². The maximum absolute atomic E-state index is 11.5. The standard InChI is InChI=1S/C20H41NO/c1-3-5-7-9-11-13-15-17-19(20(21)22)18-16-14-12-10-8-6-4-2/h19H,3-18H2,1-2H3,(H2,21,22). The zero-order chi connectivity index (χ0) is 16.5. The number of unbranched alkanes of at least 4 members (excludes halogenated alkanes) is 12. The van der Waals surface area contributed by atoms with Crippen LogP contribution in [0.1, 0.15) is 117 Å². The molecule has 0 aromatic carbocycles. The van der Waals surface area contributed by atoms with Crippen molar-refractivity contribution in [2.75, 3.05) is 0 Å². The molecule has 1 amide bonds. The average molecular weight is 312 g/mol. The number of hydrogen-bond acceptors (Lipinski definition) is 1. The minimum atomic E-state index is -0.0723. The van der Waals surface area contributed by atoms with Crippen LogP contribution < -0.4 is 5.73 Å². The lowest BCUT2D eigenvalue weighted by Crippen LogP contribution is -2.23. The molecule has 0 rings (SSSR count). The van der Waals surface area contributed by atoms with Crippen LogP contribution >= 0.6 is 0 Å². The van der Waals surface area contributed by atoms with E-state index in [0.717, 1.165) is 12.8 Å². The van der Waals surface area contributed by atoms with E-state index in [1.807, 2.05) is 0 Å². The number of hydrogen-bond donors (Lipinski definition) is 1. The van der Waals surface area contributed by atoms with Crippen molar-refractivity contribution in [3.63, 3.8) is 0 Å². The third kappa shape index (κ3) is 14.4. The molecule has 0 aromatic heterocycles. The van der Waals surface area contributed by atoms with Crippen LogP contribution in [-0.2, 0) is 4.79 Å². The summed E-state index contributed by atoms with van der Waals surface area (Å²) < 4.78 is 0. The largest absolute Gasteiger partial charge is 0.369 e. The van der Waals surface area contributed by atoms with Crippen molar-refractivity contribution in [3.05, 3.63) is 0 Å². The van der Waals surface area contributed by atoms with E-state index in [9.17, 15) is 4.79 Å². The molecule has 2 heteroatoms. The van der Waals surface area contributed by atoms with Gasteiger partial charge in [-0.1, -0.05) is 104 Å². The van der Waals surface area contributed by atoms with Gasteiger partial charge in [-0.15, -0.1) is 0 Å². The van der Waals surface area contributed by atoms with Gasteiger partial charge in [0.1, 0.15) is 0 Å². The second-order valence-electron chi connectivity index (χ2n) is 6.92. The molecule has 0 saturated carbocycles. The van der Waals surface area contributed by atoms with Crippen LogP contribution in [0, 0.1) is 5.92 Å². The summed E-state index contributed by atoms with van der Waals surface area (Å²) in [7, 11) is 0. The number of carbonyl (C=O) groups is 1. The fourth-order valence-electron chi connectivity index (χ4n) is 3.12. The van der Waals surface area contributed by atoms with E-state index in [1.54, 1.807) is 0 Å². The predicted molar refractivity (Wildman–Crippen MR) is 97.9 cm³/mol. The summed E-state index contributed by atoms with van der Waals surface area (Å²) in [5.41, 5.74) is 5.56. The van der Waals surface area contributed by atoms with E-state index in [4.69, 9.17) is 5.73 Å². The molecule has 0 saturated heterocycles. The first-order valence-corrected chi connectivity index (χ1v) is 10.0. The number of primary amides is 1. The summed E-state index contributed by atoms with van der Waals surface area (Å²) in [6, 6.07) is 0. The summed E-state index contributed by atoms with van der Waals surface area (Å²) in [6.07, 6.45) is 20.3. The SMILES string of the molecule is CCCCCCCCCC(CCCCCCCCC)C(N)=O. The predicted octanol–water partition coefficient (Wildman–Crippen LogP) is 6.37. The van der Waals surface area contributed by atoms with Crippen LogP contribution in [0.3, 0.4) is 0 Å². The molecule has 132 valence electrons. The molecule has 2 nitrogen and oxygen atoms in total. The van der Waals surface area contributed by atoms with Crippen LogP contribution in [0.25, 0.3) is 0 Å². The van der Waals surface area contributed by atoms with Gasteiger partial charge in [0.25, 0.3) is 0 Å². The Morgan fingerprint density at radius 1 is 0.636 bits per heavy atom. The van der Waals surface area contributed by atoms with Crippen LogP contribution in [0.5, 0.6) is 0 Å². The lowest BCUT2D eigenvalue weighted by atomic mass is 9.93. The van der Waals surface area contributed by atoms with Gasteiger partial charge in [-0.25, -0.2) is 0 Å². The fraction of sp³-hybridized carbons (Fsp3) is 0.950. The van der Waals surface area contributed by atoms with Crippen LogP contribution in [-0.4, -0.2) is 5.91 Å². The highest BCUT2D eigenvalue weighted by Gasteiger charge is 2.14. The van der Waals surface area contributed by atoms with E-state index in [1.165, 1.54) is 89.9 Å². The summed E-state index contributed by atoms with van der Waals surface area (Å²) in [5.74, 6) is 0.0586. The summed E-state index contributed by atoms with van der Waals surface area (Å²) in [5, 5.41) is 0. The molecule has 0 spiro atoms. The van der Waals surface area contributed by atoms with E-state index in [-0.39, 0.29) is 11.8 Å². The first-order chi connectivity index (χ1) is 10.7. The monoisotopic (exact) mass is 311 g/mol. The second kappa shape index (κ2) is 16.8. The Bertz CT molecular complexity index is 222. The van der Waals surface area contributed by atoms with E-state index >= 15 is 0 Å². The van der Waals surface area contributed by atoms with Gasteiger partial charge in [0.15, 0.2) is 0 Å². The Morgan fingerprint density at radius 3 is 1.27 bits per heavy atom. The maximum atomic E-state index is 11.5. The van der Waals surface area contributed by atoms with Crippen molar-refractivity contribution in [2.24, 2.45) is 11.7 Å². The Hall–Kier alpha value is -0.530. The third-order valence-corrected chi connectivity index (χ3v) is 4.71. The van der Waals surface area contributed by atoms with Crippen molar-refractivity contribution < 1.29 is 4.79 Å². The molecule has 2 N–H and O–H groups in total. The number of amides is 1. The molecular weight excluding hydrogens is 270 g/mol. The second-order valence-corrected chi connectivity index (χ2v) is 6.92. The van der Waals surface area contributed by atoms with Gasteiger partial charge in [0, 0.05) is 5.92 Å². The molecule has 0 radical (unpaired) electrons. The molecular formula is C20H41NO. The van der Waals surface area contributed by atoms with Crippen molar-refractivity contribution >= 4 is 5.91 Å². The summed E-state index contributed by atoms with van der Waals surface area (Å²) in [6.45, 7) is 4.50. The van der Waals surface area contributed by atoms with Crippen molar-refractivity contribution in [1.29, 1.82) is 0 Å². The summed E-state index contributed by atoms with van der Waals surface area (Å²) >= 11 is 0. The molecule has 22 heavy (non-hydrogen) atoms. The van der Waals surface area contributed by atoms with Gasteiger partial charge >= 0.3 is 0 Å². The maximum Gasteiger partial charge on any atom is 0.220 e. The minimum Gasteiger partial charge on any atom is -0.369 e.